The number of aromatic nitrogens is 2. The van der Waals surface area contributed by atoms with E-state index in [1.54, 1.807) is 0 Å². The molecule has 1 amide bonds. The molecule has 1 aromatic heterocycles. The molecule has 8 heteroatoms. The lowest BCUT2D eigenvalue weighted by Gasteiger charge is -2.54. The summed E-state index contributed by atoms with van der Waals surface area (Å²) in [5.41, 5.74) is -0.286. The third-order valence-corrected chi connectivity index (χ3v) is 8.05. The summed E-state index contributed by atoms with van der Waals surface area (Å²) in [5, 5.41) is 7.03. The van der Waals surface area contributed by atoms with Crippen LogP contribution in [0.3, 0.4) is 0 Å². The van der Waals surface area contributed by atoms with Crippen molar-refractivity contribution in [2.45, 2.75) is 76.0 Å². The number of carbonyl (C=O) groups is 1. The van der Waals surface area contributed by atoms with Crippen LogP contribution in [0.2, 0.25) is 0 Å². The molecule has 0 saturated heterocycles. The highest BCUT2D eigenvalue weighted by Crippen LogP contribution is 2.53. The van der Waals surface area contributed by atoms with Gasteiger partial charge in [-0.3, -0.25) is 9.48 Å². The highest BCUT2D eigenvalue weighted by atomic mass is 79.9. The van der Waals surface area contributed by atoms with Crippen LogP contribution in [0.5, 0.6) is 0 Å². The molecule has 0 spiro atoms. The second-order valence-corrected chi connectivity index (χ2v) is 10.1. The van der Waals surface area contributed by atoms with E-state index >= 15 is 0 Å². The van der Waals surface area contributed by atoms with Crippen LogP contribution in [0.4, 0.5) is 13.2 Å². The normalized spacial score (nSPS) is 34.1. The van der Waals surface area contributed by atoms with Crippen LogP contribution in [0, 0.1) is 23.7 Å². The first-order chi connectivity index (χ1) is 13.3. The average molecular weight is 460 g/mol. The minimum absolute atomic E-state index is 0.0453. The summed E-state index contributed by atoms with van der Waals surface area (Å²) in [4.78, 5) is 12.6. The van der Waals surface area contributed by atoms with Crippen LogP contribution in [-0.4, -0.2) is 21.7 Å². The Balaban J connectivity index is 1.25. The number of hydrogen-bond donors (Lipinski definition) is 1. The Labute approximate surface area is 170 Å². The summed E-state index contributed by atoms with van der Waals surface area (Å²) >= 11 is 3.10. The lowest BCUT2D eigenvalue weighted by molar-refractivity contribution is -0.142. The van der Waals surface area contributed by atoms with Crippen molar-refractivity contribution in [2.75, 3.05) is 0 Å². The number of alkyl halides is 3. The number of hydrogen-bond acceptors (Lipinski definition) is 2. The molecule has 4 nitrogen and oxygen atoms in total. The molecule has 0 aliphatic heterocycles. The molecular formula is C20H25BrF3N3O. The third kappa shape index (κ3) is 3.39. The van der Waals surface area contributed by atoms with Crippen molar-refractivity contribution in [2.24, 2.45) is 23.7 Å². The van der Waals surface area contributed by atoms with Gasteiger partial charge in [0.15, 0.2) is 5.69 Å². The molecular weight excluding hydrogens is 435 g/mol. The number of nitrogens with zero attached hydrogens (tertiary/aromatic N) is 2. The maximum atomic E-state index is 13.2. The molecule has 4 bridgehead atoms. The van der Waals surface area contributed by atoms with Gasteiger partial charge in [0.05, 0.1) is 16.7 Å². The van der Waals surface area contributed by atoms with E-state index in [1.807, 2.05) is 0 Å². The van der Waals surface area contributed by atoms with Gasteiger partial charge >= 0.3 is 6.18 Å². The molecule has 1 N–H and O–H groups in total. The summed E-state index contributed by atoms with van der Waals surface area (Å²) in [6, 6.07) is 0.262. The largest absolute Gasteiger partial charge is 0.436 e. The highest BCUT2D eigenvalue weighted by Gasteiger charge is 2.48. The summed E-state index contributed by atoms with van der Waals surface area (Å²) < 4.78 is 41.1. The second-order valence-electron chi connectivity index (χ2n) is 9.32. The van der Waals surface area contributed by atoms with Gasteiger partial charge in [0.1, 0.15) is 0 Å². The van der Waals surface area contributed by atoms with Crippen molar-refractivity contribution in [3.63, 3.8) is 0 Å². The zero-order valence-electron chi connectivity index (χ0n) is 15.6. The summed E-state index contributed by atoms with van der Waals surface area (Å²) in [5.74, 6) is 2.94. The minimum Gasteiger partial charge on any atom is -0.353 e. The van der Waals surface area contributed by atoms with E-state index in [9.17, 15) is 18.0 Å². The number of halogens is 4. The fraction of sp³-hybridized carbons (Fsp3) is 0.800. The third-order valence-electron chi connectivity index (χ3n) is 7.27. The van der Waals surface area contributed by atoms with Crippen molar-refractivity contribution in [1.29, 1.82) is 0 Å². The Morgan fingerprint density at radius 3 is 2.25 bits per heavy atom. The maximum Gasteiger partial charge on any atom is 0.436 e. The number of carbonyl (C=O) groups excluding carboxylic acids is 1. The molecule has 5 aliphatic rings. The lowest BCUT2D eigenvalue weighted by Crippen LogP contribution is -2.55. The Morgan fingerprint density at radius 1 is 1.11 bits per heavy atom. The van der Waals surface area contributed by atoms with E-state index in [1.165, 1.54) is 36.8 Å². The zero-order chi connectivity index (χ0) is 19.6. The zero-order valence-corrected chi connectivity index (χ0v) is 17.2. The van der Waals surface area contributed by atoms with E-state index in [0.717, 1.165) is 24.7 Å². The van der Waals surface area contributed by atoms with Gasteiger partial charge in [0.25, 0.3) is 0 Å². The van der Waals surface area contributed by atoms with Gasteiger partial charge < -0.3 is 5.32 Å². The summed E-state index contributed by atoms with van der Waals surface area (Å²) in [6.07, 6.45) is 3.71. The van der Waals surface area contributed by atoms with E-state index < -0.39 is 11.9 Å². The summed E-state index contributed by atoms with van der Waals surface area (Å²) in [7, 11) is 0. The summed E-state index contributed by atoms with van der Waals surface area (Å²) in [6.45, 7) is 0.194. The quantitative estimate of drug-likeness (QED) is 0.682. The van der Waals surface area contributed by atoms with Crippen molar-refractivity contribution in [3.8, 4) is 0 Å². The Kier molecular flexibility index (Phi) is 4.56. The lowest BCUT2D eigenvalue weighted by atomic mass is 9.54. The predicted octanol–water partition coefficient (Wildman–Crippen LogP) is 4.87. The van der Waals surface area contributed by atoms with E-state index in [0.29, 0.717) is 17.5 Å². The van der Waals surface area contributed by atoms with Crippen LogP contribution < -0.4 is 5.32 Å². The van der Waals surface area contributed by atoms with Crippen molar-refractivity contribution >= 4 is 21.8 Å². The number of amides is 1. The molecule has 0 atom stereocenters. The van der Waals surface area contributed by atoms with Crippen LogP contribution in [0.25, 0.3) is 0 Å². The SMILES string of the molecule is O=C(CCn1nc(C(F)(F)F)c(Br)c1C1CC1)NC1C2CC3CC(C2)CC1C3. The second kappa shape index (κ2) is 6.74. The van der Waals surface area contributed by atoms with Gasteiger partial charge in [0, 0.05) is 18.4 Å². The topological polar surface area (TPSA) is 46.9 Å². The van der Waals surface area contributed by atoms with E-state index in [2.05, 4.69) is 26.3 Å². The molecule has 5 fully saturated rings. The van der Waals surface area contributed by atoms with Gasteiger partial charge in [-0.25, -0.2) is 0 Å². The molecule has 6 rings (SSSR count). The van der Waals surface area contributed by atoms with Gasteiger partial charge in [0.2, 0.25) is 5.91 Å². The first-order valence-corrected chi connectivity index (χ1v) is 11.2. The van der Waals surface area contributed by atoms with Gasteiger partial charge in [-0.15, -0.1) is 0 Å². The van der Waals surface area contributed by atoms with Gasteiger partial charge in [-0.05, 0) is 84.5 Å². The Bertz CT molecular complexity index is 758. The molecule has 0 aromatic carbocycles. The molecule has 154 valence electrons. The van der Waals surface area contributed by atoms with Crippen molar-refractivity contribution < 1.29 is 18.0 Å². The number of aryl methyl sites for hydroxylation is 1. The fourth-order valence-corrected chi connectivity index (χ4v) is 7.01. The first-order valence-electron chi connectivity index (χ1n) is 10.4. The van der Waals surface area contributed by atoms with Crippen LogP contribution >= 0.6 is 15.9 Å². The Hall–Kier alpha value is -1.05. The molecule has 1 heterocycles. The molecule has 0 radical (unpaired) electrons. The van der Waals surface area contributed by atoms with Crippen LogP contribution in [-0.2, 0) is 17.5 Å². The molecule has 0 unspecified atom stereocenters. The first kappa shape index (κ1) is 18.9. The maximum absolute atomic E-state index is 13.2. The molecule has 5 aliphatic carbocycles. The minimum atomic E-state index is -4.49. The molecule has 5 saturated carbocycles. The number of rotatable bonds is 5. The monoisotopic (exact) mass is 459 g/mol. The standard InChI is InChI=1S/C20H25BrF3N3O/c21-16-18(12-1-2-12)27(26-19(16)20(22,23)24)4-3-15(28)25-17-13-6-10-5-11(8-13)9-14(17)7-10/h10-14,17H,1-9H2,(H,25,28). The predicted molar refractivity (Wildman–Crippen MR) is 100 cm³/mol. The Morgan fingerprint density at radius 2 is 1.71 bits per heavy atom. The van der Waals surface area contributed by atoms with E-state index in [4.69, 9.17) is 0 Å². The van der Waals surface area contributed by atoms with Gasteiger partial charge in [-0.1, -0.05) is 0 Å². The van der Waals surface area contributed by atoms with Crippen molar-refractivity contribution in [1.82, 2.24) is 15.1 Å². The number of nitrogens with one attached hydrogen (secondary N) is 1. The van der Waals surface area contributed by atoms with Crippen LogP contribution in [0.1, 0.15) is 68.7 Å². The molecule has 1 aromatic rings. The average Bonchev–Trinajstić information content (AvgIpc) is 3.38. The van der Waals surface area contributed by atoms with Gasteiger partial charge in [-0.2, -0.15) is 18.3 Å². The van der Waals surface area contributed by atoms with Crippen molar-refractivity contribution in [3.05, 3.63) is 15.9 Å². The fourth-order valence-electron chi connectivity index (χ4n) is 6.18. The molecule has 28 heavy (non-hydrogen) atoms. The smallest absolute Gasteiger partial charge is 0.353 e. The van der Waals surface area contributed by atoms with E-state index in [-0.39, 0.29) is 35.3 Å². The van der Waals surface area contributed by atoms with Crippen LogP contribution in [0.15, 0.2) is 4.47 Å². The highest BCUT2D eigenvalue weighted by molar-refractivity contribution is 9.10.